The van der Waals surface area contributed by atoms with Gasteiger partial charge in [-0.3, -0.25) is 4.79 Å². The smallest absolute Gasteiger partial charge is 0.266 e. The van der Waals surface area contributed by atoms with Crippen LogP contribution in [0.5, 0.6) is 0 Å². The summed E-state index contributed by atoms with van der Waals surface area (Å²) in [5.41, 5.74) is 0.720. The van der Waals surface area contributed by atoms with E-state index in [4.69, 9.17) is 16.3 Å². The summed E-state index contributed by atoms with van der Waals surface area (Å²) in [6.45, 7) is 7.28. The SMILES string of the molecule is CCCC(C)CCCC1COC1.O=CN1Cc2nc(Cl)nc(NCc3cccc(C(F)F)c3F)c2C1. The summed E-state index contributed by atoms with van der Waals surface area (Å²) in [5.74, 6) is 1.25. The van der Waals surface area contributed by atoms with Gasteiger partial charge in [0, 0.05) is 23.6 Å². The van der Waals surface area contributed by atoms with Crippen LogP contribution >= 0.6 is 11.6 Å². The number of halogens is 4. The van der Waals surface area contributed by atoms with Crippen molar-refractivity contribution in [2.75, 3.05) is 18.5 Å². The third-order valence-electron chi connectivity index (χ3n) is 6.52. The van der Waals surface area contributed by atoms with Crippen molar-refractivity contribution < 1.29 is 22.7 Å². The van der Waals surface area contributed by atoms with Gasteiger partial charge in [0.2, 0.25) is 11.7 Å². The molecule has 36 heavy (non-hydrogen) atoms. The van der Waals surface area contributed by atoms with Gasteiger partial charge in [-0.2, -0.15) is 0 Å². The van der Waals surface area contributed by atoms with Crippen LogP contribution in [-0.2, 0) is 29.2 Å². The minimum Gasteiger partial charge on any atom is -0.381 e. The van der Waals surface area contributed by atoms with Crippen LogP contribution < -0.4 is 5.32 Å². The minimum atomic E-state index is -2.89. The van der Waals surface area contributed by atoms with E-state index < -0.39 is 17.8 Å². The van der Waals surface area contributed by atoms with E-state index in [0.717, 1.165) is 31.1 Å². The highest BCUT2D eigenvalue weighted by Crippen LogP contribution is 2.29. The molecule has 3 heterocycles. The van der Waals surface area contributed by atoms with Crippen LogP contribution in [0.2, 0.25) is 5.28 Å². The molecule has 0 radical (unpaired) electrons. The standard InChI is InChI=1S/C15H12ClF3N4O.C11H22O/c16-15-21-11-6-23(7-24)5-10(11)14(22-15)20-4-8-2-1-3-9(12(8)17)13(18)19;1-3-5-10(2)6-4-7-11-8-12-9-11/h1-3,7,13H,4-6H2,(H,20,21,22);10-11H,3-9H2,1-2H3. The zero-order chi connectivity index (χ0) is 26.1. The molecule has 4 rings (SSSR count). The molecule has 1 amide bonds. The number of hydrogen-bond acceptors (Lipinski definition) is 5. The van der Waals surface area contributed by atoms with E-state index in [2.05, 4.69) is 29.1 Å². The van der Waals surface area contributed by atoms with Gasteiger partial charge in [0.25, 0.3) is 6.43 Å². The van der Waals surface area contributed by atoms with E-state index in [1.807, 2.05) is 0 Å². The average molecular weight is 527 g/mol. The Balaban J connectivity index is 0.000000253. The van der Waals surface area contributed by atoms with Crippen LogP contribution in [0, 0.1) is 17.7 Å². The molecule has 1 saturated heterocycles. The van der Waals surface area contributed by atoms with Crippen molar-refractivity contribution in [2.24, 2.45) is 11.8 Å². The number of amides is 1. The van der Waals surface area contributed by atoms with E-state index in [9.17, 15) is 18.0 Å². The first-order chi connectivity index (χ1) is 17.3. The molecule has 1 N–H and O–H groups in total. The second-order valence-electron chi connectivity index (χ2n) is 9.48. The Hall–Kier alpha value is -2.39. The first-order valence-electron chi connectivity index (χ1n) is 12.4. The van der Waals surface area contributed by atoms with Crippen molar-refractivity contribution in [3.63, 3.8) is 0 Å². The van der Waals surface area contributed by atoms with Crippen molar-refractivity contribution in [2.45, 2.75) is 72.0 Å². The van der Waals surface area contributed by atoms with E-state index in [0.29, 0.717) is 36.6 Å². The number of alkyl halides is 2. The van der Waals surface area contributed by atoms with Gasteiger partial charge >= 0.3 is 0 Å². The molecule has 2 aromatic rings. The van der Waals surface area contributed by atoms with E-state index in [1.54, 1.807) is 0 Å². The molecule has 0 aliphatic carbocycles. The number of carbonyl (C=O) groups is 1. The maximum atomic E-state index is 14.1. The van der Waals surface area contributed by atoms with Gasteiger partial charge in [-0.25, -0.2) is 23.1 Å². The number of nitrogens with one attached hydrogen (secondary N) is 1. The average Bonchev–Trinajstić information content (AvgIpc) is 3.23. The van der Waals surface area contributed by atoms with Crippen molar-refractivity contribution in [3.8, 4) is 0 Å². The second-order valence-corrected chi connectivity index (χ2v) is 9.82. The molecule has 1 atom stereocenters. The lowest BCUT2D eigenvalue weighted by atomic mass is 9.94. The molecule has 2 aliphatic heterocycles. The molecular formula is C26H34ClF3N4O2. The number of benzene rings is 1. The number of rotatable bonds is 11. The predicted molar refractivity (Wildman–Crippen MR) is 133 cm³/mol. The lowest BCUT2D eigenvalue weighted by Gasteiger charge is -2.26. The van der Waals surface area contributed by atoms with Crippen LogP contribution in [-0.4, -0.2) is 34.5 Å². The lowest BCUT2D eigenvalue weighted by Crippen LogP contribution is -2.27. The van der Waals surface area contributed by atoms with Crippen LogP contribution in [0.15, 0.2) is 18.2 Å². The van der Waals surface area contributed by atoms with Crippen molar-refractivity contribution in [3.05, 3.63) is 51.7 Å². The first-order valence-corrected chi connectivity index (χ1v) is 12.8. The summed E-state index contributed by atoms with van der Waals surface area (Å²) >= 11 is 5.86. The number of anilines is 1. The Bertz CT molecular complexity index is 1010. The monoisotopic (exact) mass is 526 g/mol. The van der Waals surface area contributed by atoms with Gasteiger partial charge in [-0.15, -0.1) is 0 Å². The topological polar surface area (TPSA) is 67.3 Å². The number of ether oxygens (including phenoxy) is 1. The van der Waals surface area contributed by atoms with Crippen molar-refractivity contribution in [1.82, 2.24) is 14.9 Å². The molecule has 1 fully saturated rings. The summed E-state index contributed by atoms with van der Waals surface area (Å²) in [6, 6.07) is 3.83. The zero-order valence-corrected chi connectivity index (χ0v) is 21.5. The summed E-state index contributed by atoms with van der Waals surface area (Å²) in [5, 5.41) is 2.88. The molecule has 10 heteroatoms. The number of nitrogens with zero attached hydrogens (tertiary/aromatic N) is 3. The Morgan fingerprint density at radius 2 is 2.03 bits per heavy atom. The first kappa shape index (κ1) is 28.2. The van der Waals surface area contributed by atoms with Gasteiger partial charge in [0.15, 0.2) is 0 Å². The molecule has 1 aromatic heterocycles. The molecule has 198 valence electrons. The highest BCUT2D eigenvalue weighted by molar-refractivity contribution is 6.28. The van der Waals surface area contributed by atoms with Gasteiger partial charge < -0.3 is 15.0 Å². The van der Waals surface area contributed by atoms with Crippen LogP contribution in [0.4, 0.5) is 19.0 Å². The fourth-order valence-electron chi connectivity index (χ4n) is 4.40. The largest absolute Gasteiger partial charge is 0.381 e. The van der Waals surface area contributed by atoms with Gasteiger partial charge in [0.05, 0.1) is 37.6 Å². The maximum absolute atomic E-state index is 14.1. The highest BCUT2D eigenvalue weighted by Gasteiger charge is 2.24. The summed E-state index contributed by atoms with van der Waals surface area (Å²) < 4.78 is 44.7. The second kappa shape index (κ2) is 13.8. The van der Waals surface area contributed by atoms with Crippen LogP contribution in [0.25, 0.3) is 0 Å². The van der Waals surface area contributed by atoms with Crippen molar-refractivity contribution in [1.29, 1.82) is 0 Å². The van der Waals surface area contributed by atoms with Crippen molar-refractivity contribution >= 4 is 23.8 Å². The molecule has 0 bridgehead atoms. The number of aromatic nitrogens is 2. The maximum Gasteiger partial charge on any atom is 0.266 e. The molecule has 6 nitrogen and oxygen atoms in total. The van der Waals surface area contributed by atoms with E-state index >= 15 is 0 Å². The highest BCUT2D eigenvalue weighted by atomic mass is 35.5. The third-order valence-corrected chi connectivity index (χ3v) is 6.69. The lowest BCUT2D eigenvalue weighted by molar-refractivity contribution is -0.118. The minimum absolute atomic E-state index is 0.00852. The number of carbonyl (C=O) groups excluding carboxylic acids is 1. The fourth-order valence-corrected chi connectivity index (χ4v) is 4.58. The molecule has 2 aliphatic rings. The predicted octanol–water partition coefficient (Wildman–Crippen LogP) is 6.53. The van der Waals surface area contributed by atoms with Crippen LogP contribution in [0.3, 0.4) is 0 Å². The Labute approximate surface area is 215 Å². The van der Waals surface area contributed by atoms with E-state index in [-0.39, 0.29) is 17.4 Å². The summed E-state index contributed by atoms with van der Waals surface area (Å²) in [7, 11) is 0. The van der Waals surface area contributed by atoms with Crippen LogP contribution in [0.1, 0.15) is 74.8 Å². The Kier molecular flexibility index (Phi) is 10.8. The molecule has 1 unspecified atom stereocenters. The Morgan fingerprint density at radius 3 is 2.67 bits per heavy atom. The molecule has 0 spiro atoms. The fraction of sp³-hybridized carbons (Fsp3) is 0.577. The van der Waals surface area contributed by atoms with Gasteiger partial charge in [0.1, 0.15) is 11.6 Å². The number of hydrogen-bond donors (Lipinski definition) is 1. The van der Waals surface area contributed by atoms with Gasteiger partial charge in [-0.05, 0) is 23.9 Å². The Morgan fingerprint density at radius 1 is 1.25 bits per heavy atom. The summed E-state index contributed by atoms with van der Waals surface area (Å²) in [6.07, 6.45) is 4.77. The molecule has 1 aromatic carbocycles. The quantitative estimate of drug-likeness (QED) is 0.266. The number of fused-ring (bicyclic) bond motifs is 1. The van der Waals surface area contributed by atoms with Gasteiger partial charge in [-0.1, -0.05) is 57.7 Å². The third kappa shape index (κ3) is 7.80. The normalized spacial score (nSPS) is 15.7. The molecule has 0 saturated carbocycles. The van der Waals surface area contributed by atoms with E-state index in [1.165, 1.54) is 49.1 Å². The zero-order valence-electron chi connectivity index (χ0n) is 20.8. The summed E-state index contributed by atoms with van der Waals surface area (Å²) in [4.78, 5) is 20.5. The molecular weight excluding hydrogens is 493 g/mol.